The average molecular weight is 281 g/mol. The van der Waals surface area contributed by atoms with Crippen molar-refractivity contribution in [2.24, 2.45) is 5.92 Å². The molecule has 0 N–H and O–H groups in total. The van der Waals surface area contributed by atoms with Gasteiger partial charge in [0.25, 0.3) is 0 Å². The lowest BCUT2D eigenvalue weighted by Crippen LogP contribution is -2.57. The van der Waals surface area contributed by atoms with Gasteiger partial charge in [0.1, 0.15) is 0 Å². The molecule has 110 valence electrons. The summed E-state index contributed by atoms with van der Waals surface area (Å²) in [5.41, 5.74) is 2.99. The van der Waals surface area contributed by atoms with E-state index in [0.717, 1.165) is 25.0 Å². The molecule has 4 aliphatic heterocycles. The first-order chi connectivity index (χ1) is 10.4. The molecule has 0 spiro atoms. The van der Waals surface area contributed by atoms with Crippen molar-refractivity contribution in [1.29, 1.82) is 0 Å². The maximum absolute atomic E-state index is 2.78. The Balaban J connectivity index is 1.49. The predicted molar refractivity (Wildman–Crippen MR) is 85.3 cm³/mol. The Labute approximate surface area is 126 Å². The second-order valence-corrected chi connectivity index (χ2v) is 7.04. The predicted octanol–water partition coefficient (Wildman–Crippen LogP) is 2.55. The summed E-state index contributed by atoms with van der Waals surface area (Å²) in [6, 6.07) is 9.86. The van der Waals surface area contributed by atoms with E-state index in [1.54, 1.807) is 0 Å². The van der Waals surface area contributed by atoms with Gasteiger partial charge in [-0.1, -0.05) is 18.2 Å². The summed E-state index contributed by atoms with van der Waals surface area (Å²) in [6.45, 7) is 7.46. The van der Waals surface area contributed by atoms with Crippen molar-refractivity contribution in [3.63, 3.8) is 0 Å². The molecule has 1 aromatic carbocycles. The largest absolute Gasteiger partial charge is 0.346 e. The van der Waals surface area contributed by atoms with Crippen molar-refractivity contribution < 1.29 is 0 Å². The van der Waals surface area contributed by atoms with E-state index in [-0.39, 0.29) is 0 Å². The quantitative estimate of drug-likeness (QED) is 0.796. The molecule has 4 aliphatic rings. The SMILES string of the molecule is c1cc2c3c(c1)ccn3CCN([C@@H]1CN3CCC1CC3)C2. The number of fused-ring (bicyclic) bond motifs is 3. The van der Waals surface area contributed by atoms with E-state index in [1.165, 1.54) is 55.5 Å². The summed E-state index contributed by atoms with van der Waals surface area (Å²) in [5.74, 6) is 0.937. The number of benzene rings is 1. The van der Waals surface area contributed by atoms with Gasteiger partial charge in [0.2, 0.25) is 0 Å². The minimum atomic E-state index is 0.785. The van der Waals surface area contributed by atoms with Crippen molar-refractivity contribution in [3.8, 4) is 0 Å². The summed E-state index contributed by atoms with van der Waals surface area (Å²) in [7, 11) is 0. The third-order valence-corrected chi connectivity index (χ3v) is 5.96. The highest BCUT2D eigenvalue weighted by Gasteiger charge is 2.37. The maximum atomic E-state index is 2.78. The van der Waals surface area contributed by atoms with Crippen LogP contribution in [0.1, 0.15) is 18.4 Å². The fourth-order valence-electron chi connectivity index (χ4n) is 4.82. The monoisotopic (exact) mass is 281 g/mol. The third kappa shape index (κ3) is 1.87. The molecule has 21 heavy (non-hydrogen) atoms. The van der Waals surface area contributed by atoms with Crippen LogP contribution in [0.3, 0.4) is 0 Å². The van der Waals surface area contributed by atoms with E-state index in [1.807, 2.05) is 0 Å². The van der Waals surface area contributed by atoms with Gasteiger partial charge < -0.3 is 9.47 Å². The molecule has 3 nitrogen and oxygen atoms in total. The second kappa shape index (κ2) is 4.59. The molecular weight excluding hydrogens is 258 g/mol. The summed E-state index contributed by atoms with van der Waals surface area (Å²) in [5, 5.41) is 1.41. The molecule has 0 unspecified atom stereocenters. The first-order valence-electron chi connectivity index (χ1n) is 8.42. The Kier molecular flexibility index (Phi) is 2.67. The standard InChI is InChI=1S/C18H23N3/c1-2-15-6-9-20-10-11-21(12-16(3-1)18(15)20)17-13-19-7-4-14(17)5-8-19/h1-3,6,9,14,17H,4-5,7-8,10-13H2/t17-/m1/s1. The summed E-state index contributed by atoms with van der Waals surface area (Å²) in [6.07, 6.45) is 5.10. The molecule has 2 bridgehead atoms. The molecule has 1 aromatic heterocycles. The van der Waals surface area contributed by atoms with E-state index in [0.29, 0.717) is 0 Å². The Morgan fingerprint density at radius 1 is 0.952 bits per heavy atom. The van der Waals surface area contributed by atoms with Gasteiger partial charge in [0, 0.05) is 38.4 Å². The molecule has 0 radical (unpaired) electrons. The minimum absolute atomic E-state index is 0.785. The van der Waals surface area contributed by atoms with Crippen molar-refractivity contribution >= 4 is 10.9 Å². The molecule has 0 saturated carbocycles. The highest BCUT2D eigenvalue weighted by atomic mass is 15.3. The zero-order valence-corrected chi connectivity index (χ0v) is 12.5. The van der Waals surface area contributed by atoms with Gasteiger partial charge in [-0.15, -0.1) is 0 Å². The molecule has 0 amide bonds. The van der Waals surface area contributed by atoms with E-state index in [2.05, 4.69) is 44.8 Å². The van der Waals surface area contributed by atoms with E-state index in [4.69, 9.17) is 0 Å². The number of aromatic nitrogens is 1. The lowest BCUT2D eigenvalue weighted by Gasteiger charge is -2.49. The number of piperidine rings is 3. The highest BCUT2D eigenvalue weighted by Crippen LogP contribution is 2.33. The number of para-hydroxylation sites is 1. The van der Waals surface area contributed by atoms with Crippen LogP contribution in [0, 0.1) is 5.92 Å². The molecule has 0 aliphatic carbocycles. The van der Waals surface area contributed by atoms with E-state index < -0.39 is 0 Å². The number of hydrogen-bond acceptors (Lipinski definition) is 2. The van der Waals surface area contributed by atoms with E-state index in [9.17, 15) is 0 Å². The van der Waals surface area contributed by atoms with Crippen molar-refractivity contribution in [3.05, 3.63) is 36.0 Å². The van der Waals surface area contributed by atoms with Crippen molar-refractivity contribution in [2.75, 3.05) is 26.2 Å². The van der Waals surface area contributed by atoms with Crippen LogP contribution in [0.5, 0.6) is 0 Å². The second-order valence-electron chi connectivity index (χ2n) is 7.04. The number of nitrogens with zero attached hydrogens (tertiary/aromatic N) is 3. The van der Waals surface area contributed by atoms with Crippen molar-refractivity contribution in [1.82, 2.24) is 14.4 Å². The highest BCUT2D eigenvalue weighted by molar-refractivity contribution is 5.83. The fourth-order valence-corrected chi connectivity index (χ4v) is 4.82. The molecule has 3 saturated heterocycles. The Hall–Kier alpha value is -1.32. The van der Waals surface area contributed by atoms with Gasteiger partial charge in [0.15, 0.2) is 0 Å². The van der Waals surface area contributed by atoms with E-state index >= 15 is 0 Å². The van der Waals surface area contributed by atoms with Crippen LogP contribution >= 0.6 is 0 Å². The third-order valence-electron chi connectivity index (χ3n) is 5.96. The van der Waals surface area contributed by atoms with Crippen molar-refractivity contribution in [2.45, 2.75) is 32.0 Å². The normalized spacial score (nSPS) is 32.5. The minimum Gasteiger partial charge on any atom is -0.346 e. The van der Waals surface area contributed by atoms with Gasteiger partial charge in [-0.2, -0.15) is 0 Å². The van der Waals surface area contributed by atoms with Crippen LogP contribution in [-0.2, 0) is 13.1 Å². The Morgan fingerprint density at radius 2 is 1.86 bits per heavy atom. The average Bonchev–Trinajstić information content (AvgIpc) is 2.86. The van der Waals surface area contributed by atoms with Crippen LogP contribution in [0.4, 0.5) is 0 Å². The first kappa shape index (κ1) is 12.2. The summed E-state index contributed by atoms with van der Waals surface area (Å²) < 4.78 is 2.46. The Bertz CT molecular complexity index is 666. The smallest absolute Gasteiger partial charge is 0.0526 e. The zero-order chi connectivity index (χ0) is 13.8. The number of hydrogen-bond donors (Lipinski definition) is 0. The lowest BCUT2D eigenvalue weighted by atomic mass is 9.83. The molecule has 2 aromatic rings. The molecular formula is C18H23N3. The molecule has 3 heteroatoms. The van der Waals surface area contributed by atoms with Crippen LogP contribution < -0.4 is 0 Å². The van der Waals surface area contributed by atoms with Gasteiger partial charge in [-0.3, -0.25) is 4.90 Å². The van der Waals surface area contributed by atoms with Gasteiger partial charge in [0.05, 0.1) is 5.52 Å². The van der Waals surface area contributed by atoms with Gasteiger partial charge in [-0.25, -0.2) is 0 Å². The van der Waals surface area contributed by atoms with Crippen LogP contribution in [0.15, 0.2) is 30.5 Å². The molecule has 5 heterocycles. The number of rotatable bonds is 1. The molecule has 1 atom stereocenters. The topological polar surface area (TPSA) is 11.4 Å². The van der Waals surface area contributed by atoms with Gasteiger partial charge >= 0.3 is 0 Å². The Morgan fingerprint density at radius 3 is 2.67 bits per heavy atom. The maximum Gasteiger partial charge on any atom is 0.0526 e. The first-order valence-corrected chi connectivity index (χ1v) is 8.42. The van der Waals surface area contributed by atoms with Gasteiger partial charge in [-0.05, 0) is 48.9 Å². The lowest BCUT2D eigenvalue weighted by molar-refractivity contribution is 0.00120. The molecule has 6 rings (SSSR count). The summed E-state index contributed by atoms with van der Waals surface area (Å²) in [4.78, 5) is 5.45. The summed E-state index contributed by atoms with van der Waals surface area (Å²) >= 11 is 0. The zero-order valence-electron chi connectivity index (χ0n) is 12.5. The van der Waals surface area contributed by atoms with Crippen LogP contribution in [0.25, 0.3) is 10.9 Å². The molecule has 3 fully saturated rings. The fraction of sp³-hybridized carbons (Fsp3) is 0.556. The van der Waals surface area contributed by atoms with Crippen LogP contribution in [0.2, 0.25) is 0 Å². The van der Waals surface area contributed by atoms with Crippen LogP contribution in [-0.4, -0.2) is 46.6 Å².